The van der Waals surface area contributed by atoms with Crippen LogP contribution >= 0.6 is 0 Å². The van der Waals surface area contributed by atoms with Crippen LogP contribution in [0.5, 0.6) is 5.75 Å². The maximum absolute atomic E-state index is 10.2. The zero-order chi connectivity index (χ0) is 21.7. The number of fused-ring (bicyclic) bond motifs is 1. The molecule has 30 heavy (non-hydrogen) atoms. The number of benzene rings is 1. The molecule has 2 saturated carbocycles. The lowest BCUT2D eigenvalue weighted by molar-refractivity contribution is -0.0376. The Balaban J connectivity index is 0.000000393. The van der Waals surface area contributed by atoms with Crippen molar-refractivity contribution in [2.24, 2.45) is 17.8 Å². The van der Waals surface area contributed by atoms with Crippen molar-refractivity contribution in [1.82, 2.24) is 4.90 Å². The van der Waals surface area contributed by atoms with Gasteiger partial charge >= 0.3 is 0 Å². The third-order valence-corrected chi connectivity index (χ3v) is 7.93. The first-order chi connectivity index (χ1) is 14.1. The minimum absolute atomic E-state index is 0.224. The maximum Gasteiger partial charge on any atom is 0.261 e. The Morgan fingerprint density at radius 1 is 1.27 bits per heavy atom. The van der Waals surface area contributed by atoms with Gasteiger partial charge in [0.1, 0.15) is 5.75 Å². The van der Waals surface area contributed by atoms with Crippen LogP contribution < -0.4 is 0 Å². The fourth-order valence-electron chi connectivity index (χ4n) is 6.83. The second-order valence-electron chi connectivity index (χ2n) is 10.2. The molecule has 1 aliphatic heterocycles. The monoisotopic (exact) mass is 433 g/mol. The molecule has 0 radical (unpaired) electrons. The van der Waals surface area contributed by atoms with Gasteiger partial charge in [0.05, 0.1) is 6.26 Å². The number of hydrogen-bond acceptors (Lipinski definition) is 4. The van der Waals surface area contributed by atoms with E-state index >= 15 is 0 Å². The normalized spacial score (nSPS) is 33.6. The van der Waals surface area contributed by atoms with Gasteiger partial charge in [0.25, 0.3) is 10.1 Å². The largest absolute Gasteiger partial charge is 0.508 e. The van der Waals surface area contributed by atoms with Crippen LogP contribution in [0.4, 0.5) is 0 Å². The molecule has 2 N–H and O–H groups in total. The van der Waals surface area contributed by atoms with Crippen molar-refractivity contribution in [2.45, 2.75) is 63.3 Å². The molecule has 5 nitrogen and oxygen atoms in total. The minimum Gasteiger partial charge on any atom is -0.508 e. The van der Waals surface area contributed by atoms with Crippen molar-refractivity contribution in [3.63, 3.8) is 0 Å². The summed E-state index contributed by atoms with van der Waals surface area (Å²) in [6.07, 6.45) is 9.76. The molecule has 4 atom stereocenters. The van der Waals surface area contributed by atoms with Gasteiger partial charge in [-0.3, -0.25) is 9.45 Å². The molecule has 1 aromatic rings. The zero-order valence-corrected chi connectivity index (χ0v) is 19.0. The summed E-state index contributed by atoms with van der Waals surface area (Å²) in [7, 11) is -3.67. The van der Waals surface area contributed by atoms with Crippen LogP contribution in [0.25, 0.3) is 0 Å². The fourth-order valence-corrected chi connectivity index (χ4v) is 6.83. The Labute approximate surface area is 180 Å². The smallest absolute Gasteiger partial charge is 0.261 e. The maximum atomic E-state index is 10.2. The average molecular weight is 434 g/mol. The topological polar surface area (TPSA) is 77.8 Å². The Bertz CT molecular complexity index is 915. The zero-order valence-electron chi connectivity index (χ0n) is 18.2. The number of allylic oxidation sites excluding steroid dienone is 1. The third kappa shape index (κ3) is 4.19. The van der Waals surface area contributed by atoms with Gasteiger partial charge in [-0.15, -0.1) is 0 Å². The van der Waals surface area contributed by atoms with Gasteiger partial charge in [0.2, 0.25) is 0 Å². The predicted molar refractivity (Wildman–Crippen MR) is 119 cm³/mol. The average Bonchev–Trinajstić information content (AvgIpc) is 2.58. The SMILES string of the molecule is C=C1CC(C)C2[C@H]3Cc4ccc(O)cc4C2(CCN3CC2CCC2)C1.CS(=O)(=O)O. The molecule has 0 spiro atoms. The Hall–Kier alpha value is -1.37. The van der Waals surface area contributed by atoms with Gasteiger partial charge in [0.15, 0.2) is 0 Å². The van der Waals surface area contributed by atoms with Crippen LogP contribution in [-0.2, 0) is 22.0 Å². The number of likely N-dealkylation sites (tertiary alicyclic amines) is 1. The predicted octanol–water partition coefficient (Wildman–Crippen LogP) is 4.17. The molecule has 3 aliphatic carbocycles. The van der Waals surface area contributed by atoms with E-state index in [-0.39, 0.29) is 5.41 Å². The molecule has 1 saturated heterocycles. The molecule has 6 heteroatoms. The van der Waals surface area contributed by atoms with Crippen LogP contribution in [0.15, 0.2) is 30.4 Å². The van der Waals surface area contributed by atoms with Gasteiger partial charge in [-0.25, -0.2) is 0 Å². The Morgan fingerprint density at radius 2 is 1.97 bits per heavy atom. The molecular formula is C24H35NO4S. The molecule has 166 valence electrons. The number of rotatable bonds is 2. The molecular weight excluding hydrogens is 398 g/mol. The second kappa shape index (κ2) is 7.95. The van der Waals surface area contributed by atoms with Crippen LogP contribution in [0.2, 0.25) is 0 Å². The van der Waals surface area contributed by atoms with Gasteiger partial charge in [0, 0.05) is 18.0 Å². The molecule has 3 unspecified atom stereocenters. The summed E-state index contributed by atoms with van der Waals surface area (Å²) in [4.78, 5) is 2.85. The Kier molecular flexibility index (Phi) is 5.79. The van der Waals surface area contributed by atoms with Gasteiger partial charge in [-0.1, -0.05) is 31.6 Å². The summed E-state index contributed by atoms with van der Waals surface area (Å²) in [6, 6.07) is 6.87. The highest BCUT2D eigenvalue weighted by Gasteiger charge is 2.56. The van der Waals surface area contributed by atoms with Crippen molar-refractivity contribution in [2.75, 3.05) is 19.3 Å². The minimum atomic E-state index is -3.67. The summed E-state index contributed by atoms with van der Waals surface area (Å²) in [5, 5.41) is 10.2. The third-order valence-electron chi connectivity index (χ3n) is 7.93. The van der Waals surface area contributed by atoms with Gasteiger partial charge < -0.3 is 5.11 Å². The molecule has 2 bridgehead atoms. The summed E-state index contributed by atoms with van der Waals surface area (Å²) >= 11 is 0. The van der Waals surface area contributed by atoms with Crippen molar-refractivity contribution in [3.8, 4) is 5.75 Å². The molecule has 1 aromatic carbocycles. The van der Waals surface area contributed by atoms with E-state index in [9.17, 15) is 13.5 Å². The van der Waals surface area contributed by atoms with Crippen molar-refractivity contribution in [3.05, 3.63) is 41.5 Å². The number of aromatic hydroxyl groups is 1. The number of piperidine rings is 1. The van der Waals surface area contributed by atoms with Crippen LogP contribution in [0, 0.1) is 17.8 Å². The lowest BCUT2D eigenvalue weighted by atomic mass is 9.49. The number of phenolic OH excluding ortho intramolecular Hbond substituents is 1. The lowest BCUT2D eigenvalue weighted by Gasteiger charge is -2.62. The summed E-state index contributed by atoms with van der Waals surface area (Å²) in [5.41, 5.74) is 4.58. The van der Waals surface area contributed by atoms with E-state index in [4.69, 9.17) is 4.55 Å². The first kappa shape index (κ1) is 21.8. The number of phenols is 1. The first-order valence-corrected chi connectivity index (χ1v) is 13.1. The van der Waals surface area contributed by atoms with E-state index in [1.807, 2.05) is 6.07 Å². The molecule has 4 aliphatic rings. The van der Waals surface area contributed by atoms with Crippen molar-refractivity contribution >= 4 is 10.1 Å². The van der Waals surface area contributed by atoms with Crippen LogP contribution in [0.3, 0.4) is 0 Å². The summed E-state index contributed by atoms with van der Waals surface area (Å²) in [6.45, 7) is 9.41. The molecule has 3 fully saturated rings. The van der Waals surface area contributed by atoms with E-state index in [1.165, 1.54) is 68.3 Å². The fraction of sp³-hybridized carbons (Fsp3) is 0.667. The molecule has 0 amide bonds. The van der Waals surface area contributed by atoms with Crippen LogP contribution in [-0.4, -0.2) is 48.4 Å². The first-order valence-electron chi connectivity index (χ1n) is 11.2. The molecule has 5 rings (SSSR count). The summed E-state index contributed by atoms with van der Waals surface area (Å²) in [5.74, 6) is 2.81. The van der Waals surface area contributed by atoms with E-state index in [0.29, 0.717) is 24.0 Å². The number of hydrogen-bond donors (Lipinski definition) is 2. The summed E-state index contributed by atoms with van der Waals surface area (Å²) < 4.78 is 25.9. The molecule has 0 aromatic heterocycles. The second-order valence-corrected chi connectivity index (χ2v) is 11.6. The quantitative estimate of drug-likeness (QED) is 0.541. The van der Waals surface area contributed by atoms with Crippen molar-refractivity contribution < 1.29 is 18.1 Å². The highest BCUT2D eigenvalue weighted by molar-refractivity contribution is 7.85. The van der Waals surface area contributed by atoms with E-state index in [0.717, 1.165) is 18.3 Å². The van der Waals surface area contributed by atoms with E-state index < -0.39 is 10.1 Å². The van der Waals surface area contributed by atoms with Crippen molar-refractivity contribution in [1.29, 1.82) is 0 Å². The van der Waals surface area contributed by atoms with Gasteiger partial charge in [-0.2, -0.15) is 8.42 Å². The number of nitrogens with zero attached hydrogens (tertiary/aromatic N) is 1. The van der Waals surface area contributed by atoms with E-state index in [2.05, 4.69) is 30.5 Å². The van der Waals surface area contributed by atoms with E-state index in [1.54, 1.807) is 0 Å². The highest BCUT2D eigenvalue weighted by Crippen LogP contribution is 2.59. The van der Waals surface area contributed by atoms with Gasteiger partial charge in [-0.05, 0) is 86.1 Å². The van der Waals surface area contributed by atoms with Crippen LogP contribution in [0.1, 0.15) is 56.6 Å². The standard InChI is InChI=1S/C23H31NO.CH4O3S/c1-15-10-16(2)22-21-11-18-6-7-19(25)12-20(18)23(22,13-15)8-9-24(21)14-17-4-3-5-17;1-5(2,3)4/h6-7,12,16-17,21-22,25H,1,3-5,8-11,13-14H2,2H3;1H3,(H,2,3,4)/t16?,21-,22?,23?;/m1./s1. The Morgan fingerprint density at radius 3 is 2.60 bits per heavy atom. The highest BCUT2D eigenvalue weighted by atomic mass is 32.2. The molecule has 1 heterocycles. The lowest BCUT2D eigenvalue weighted by Crippen LogP contribution is -2.63.